The first-order chi connectivity index (χ1) is 12.7. The van der Waals surface area contributed by atoms with Crippen molar-refractivity contribution in [3.8, 4) is 6.07 Å². The highest BCUT2D eigenvalue weighted by molar-refractivity contribution is 5.58. The number of benzene rings is 1. The van der Waals surface area contributed by atoms with Gasteiger partial charge in [0, 0.05) is 36.6 Å². The highest BCUT2D eigenvalue weighted by Gasteiger charge is 2.19. The van der Waals surface area contributed by atoms with Crippen molar-refractivity contribution < 1.29 is 0 Å². The summed E-state index contributed by atoms with van der Waals surface area (Å²) in [5.41, 5.74) is 8.61. The fraction of sp³-hybridized carbons (Fsp3) is 0.450. The third-order valence-electron chi connectivity index (χ3n) is 4.58. The van der Waals surface area contributed by atoms with Gasteiger partial charge >= 0.3 is 0 Å². The Morgan fingerprint density at radius 3 is 3.00 bits per heavy atom. The number of rotatable bonds is 6. The fourth-order valence-electron chi connectivity index (χ4n) is 3.20. The topological polar surface area (TPSA) is 90.9 Å². The summed E-state index contributed by atoms with van der Waals surface area (Å²) in [4.78, 5) is 11.6. The van der Waals surface area contributed by atoms with Crippen LogP contribution in [0.25, 0.3) is 0 Å². The zero-order valence-electron chi connectivity index (χ0n) is 15.3. The highest BCUT2D eigenvalue weighted by Crippen LogP contribution is 2.22. The molecule has 1 aliphatic heterocycles. The number of nitrogens with one attached hydrogen (secondary N) is 1. The standard InChI is InChI=1S/C20H26N6/c1-2-3-8-18-12-19(26-10-5-7-16(22)14-26)25-20(24-18)23-17-9-4-6-15(11-17)13-21/h4,6,9,11-12,16H,2-3,5,7-8,10,14,22H2,1H3,(H,23,24,25). The lowest BCUT2D eigenvalue weighted by molar-refractivity contribution is 0.503. The van der Waals surface area contributed by atoms with Gasteiger partial charge in [-0.05, 0) is 43.9 Å². The Balaban J connectivity index is 1.87. The molecule has 0 saturated carbocycles. The van der Waals surface area contributed by atoms with Crippen LogP contribution in [0.15, 0.2) is 30.3 Å². The molecule has 1 aliphatic rings. The summed E-state index contributed by atoms with van der Waals surface area (Å²) in [6.07, 6.45) is 5.30. The molecular formula is C20H26N6. The van der Waals surface area contributed by atoms with Crippen molar-refractivity contribution >= 4 is 17.5 Å². The number of nitriles is 1. The first kappa shape index (κ1) is 18.2. The molecule has 26 heavy (non-hydrogen) atoms. The molecule has 6 heteroatoms. The largest absolute Gasteiger partial charge is 0.355 e. The van der Waals surface area contributed by atoms with Crippen molar-refractivity contribution in [1.29, 1.82) is 5.26 Å². The molecule has 0 radical (unpaired) electrons. The van der Waals surface area contributed by atoms with E-state index >= 15 is 0 Å². The number of anilines is 3. The summed E-state index contributed by atoms with van der Waals surface area (Å²) in [6.45, 7) is 3.98. The van der Waals surface area contributed by atoms with Gasteiger partial charge in [-0.25, -0.2) is 4.98 Å². The van der Waals surface area contributed by atoms with Crippen LogP contribution < -0.4 is 16.0 Å². The van der Waals surface area contributed by atoms with Gasteiger partial charge in [0.25, 0.3) is 0 Å². The number of unbranched alkanes of at least 4 members (excludes halogenated alkanes) is 1. The molecule has 1 atom stereocenters. The van der Waals surface area contributed by atoms with Crippen LogP contribution in [0, 0.1) is 11.3 Å². The molecular weight excluding hydrogens is 324 g/mol. The fourth-order valence-corrected chi connectivity index (χ4v) is 3.20. The minimum Gasteiger partial charge on any atom is -0.355 e. The minimum absolute atomic E-state index is 0.196. The van der Waals surface area contributed by atoms with E-state index in [1.807, 2.05) is 12.1 Å². The summed E-state index contributed by atoms with van der Waals surface area (Å²) in [5.74, 6) is 1.50. The smallest absolute Gasteiger partial charge is 0.229 e. The Bertz CT molecular complexity index is 782. The molecule has 2 aromatic rings. The summed E-state index contributed by atoms with van der Waals surface area (Å²) in [7, 11) is 0. The number of hydrogen-bond acceptors (Lipinski definition) is 6. The van der Waals surface area contributed by atoms with Crippen molar-refractivity contribution in [1.82, 2.24) is 9.97 Å². The lowest BCUT2D eigenvalue weighted by atomic mass is 10.1. The third-order valence-corrected chi connectivity index (χ3v) is 4.58. The van der Waals surface area contributed by atoms with Crippen molar-refractivity contribution in [2.24, 2.45) is 5.73 Å². The molecule has 0 bridgehead atoms. The maximum Gasteiger partial charge on any atom is 0.229 e. The van der Waals surface area contributed by atoms with Crippen LogP contribution in [0.4, 0.5) is 17.5 Å². The second-order valence-electron chi connectivity index (χ2n) is 6.81. The summed E-state index contributed by atoms with van der Waals surface area (Å²) in [5, 5.41) is 12.3. The minimum atomic E-state index is 0.196. The predicted molar refractivity (Wildman–Crippen MR) is 105 cm³/mol. The van der Waals surface area contributed by atoms with Crippen molar-refractivity contribution in [2.45, 2.75) is 45.1 Å². The van der Waals surface area contributed by atoms with Crippen molar-refractivity contribution in [3.63, 3.8) is 0 Å². The normalized spacial score (nSPS) is 17.0. The maximum absolute atomic E-state index is 9.08. The van der Waals surface area contributed by atoms with E-state index in [9.17, 15) is 0 Å². The van der Waals surface area contributed by atoms with Crippen molar-refractivity contribution in [2.75, 3.05) is 23.3 Å². The van der Waals surface area contributed by atoms with Crippen LogP contribution in [0.1, 0.15) is 43.9 Å². The van der Waals surface area contributed by atoms with Gasteiger partial charge in [-0.2, -0.15) is 10.2 Å². The third kappa shape index (κ3) is 4.70. The van der Waals surface area contributed by atoms with Gasteiger partial charge in [-0.3, -0.25) is 0 Å². The molecule has 3 N–H and O–H groups in total. The Morgan fingerprint density at radius 2 is 2.23 bits per heavy atom. The highest BCUT2D eigenvalue weighted by atomic mass is 15.2. The van der Waals surface area contributed by atoms with E-state index in [2.05, 4.69) is 34.3 Å². The van der Waals surface area contributed by atoms with E-state index in [0.717, 1.165) is 62.4 Å². The molecule has 1 aromatic heterocycles. The van der Waals surface area contributed by atoms with E-state index in [1.165, 1.54) is 0 Å². The van der Waals surface area contributed by atoms with Gasteiger partial charge in [0.05, 0.1) is 11.6 Å². The van der Waals surface area contributed by atoms with Crippen LogP contribution in [0.5, 0.6) is 0 Å². The zero-order valence-corrected chi connectivity index (χ0v) is 15.3. The zero-order chi connectivity index (χ0) is 18.4. The van der Waals surface area contributed by atoms with Gasteiger partial charge in [0.2, 0.25) is 5.95 Å². The summed E-state index contributed by atoms with van der Waals surface area (Å²) >= 11 is 0. The van der Waals surface area contributed by atoms with Crippen molar-refractivity contribution in [3.05, 3.63) is 41.6 Å². The average molecular weight is 350 g/mol. The SMILES string of the molecule is CCCCc1cc(N2CCCC(N)C2)nc(Nc2cccc(C#N)c2)n1. The van der Waals surface area contributed by atoms with E-state index in [0.29, 0.717) is 11.5 Å². The second kappa shape index (κ2) is 8.63. The monoisotopic (exact) mass is 350 g/mol. The number of hydrogen-bond donors (Lipinski definition) is 2. The average Bonchev–Trinajstić information content (AvgIpc) is 2.66. The number of aromatic nitrogens is 2. The van der Waals surface area contributed by atoms with E-state index in [-0.39, 0.29) is 6.04 Å². The van der Waals surface area contributed by atoms with Crippen LogP contribution in [-0.2, 0) is 6.42 Å². The van der Waals surface area contributed by atoms with E-state index < -0.39 is 0 Å². The Morgan fingerprint density at radius 1 is 1.35 bits per heavy atom. The lowest BCUT2D eigenvalue weighted by Crippen LogP contribution is -2.43. The number of piperidine rings is 1. The van der Waals surface area contributed by atoms with E-state index in [1.54, 1.807) is 12.1 Å². The Hall–Kier alpha value is -2.65. The van der Waals surface area contributed by atoms with Crippen LogP contribution >= 0.6 is 0 Å². The number of aryl methyl sites for hydroxylation is 1. The van der Waals surface area contributed by atoms with Crippen LogP contribution in [0.2, 0.25) is 0 Å². The van der Waals surface area contributed by atoms with Crippen LogP contribution in [0.3, 0.4) is 0 Å². The van der Waals surface area contributed by atoms with Gasteiger partial charge in [0.15, 0.2) is 0 Å². The van der Waals surface area contributed by atoms with Gasteiger partial charge in [-0.15, -0.1) is 0 Å². The predicted octanol–water partition coefficient (Wildman–Crippen LogP) is 3.36. The number of nitrogens with two attached hydrogens (primary N) is 1. The molecule has 0 amide bonds. The quantitative estimate of drug-likeness (QED) is 0.830. The lowest BCUT2D eigenvalue weighted by Gasteiger charge is -2.32. The molecule has 1 saturated heterocycles. The molecule has 1 fully saturated rings. The maximum atomic E-state index is 9.08. The second-order valence-corrected chi connectivity index (χ2v) is 6.81. The molecule has 0 spiro atoms. The van der Waals surface area contributed by atoms with Crippen LogP contribution in [-0.4, -0.2) is 29.1 Å². The number of nitrogens with zero attached hydrogens (tertiary/aromatic N) is 4. The summed E-state index contributed by atoms with van der Waals surface area (Å²) < 4.78 is 0. The molecule has 0 aliphatic carbocycles. The first-order valence-electron chi connectivity index (χ1n) is 9.33. The Kier molecular flexibility index (Phi) is 6.03. The molecule has 1 unspecified atom stereocenters. The molecule has 136 valence electrons. The van der Waals surface area contributed by atoms with Gasteiger partial charge in [0.1, 0.15) is 5.82 Å². The van der Waals surface area contributed by atoms with E-state index in [4.69, 9.17) is 16.0 Å². The van der Waals surface area contributed by atoms with Gasteiger partial charge in [-0.1, -0.05) is 19.4 Å². The summed E-state index contributed by atoms with van der Waals surface area (Å²) in [6, 6.07) is 11.8. The molecule has 6 nitrogen and oxygen atoms in total. The Labute approximate surface area is 155 Å². The van der Waals surface area contributed by atoms with Gasteiger partial charge < -0.3 is 16.0 Å². The molecule has 3 rings (SSSR count). The first-order valence-corrected chi connectivity index (χ1v) is 9.33. The molecule has 2 heterocycles. The molecule has 1 aromatic carbocycles.